The largest absolute Gasteiger partial charge is 0.462 e. The highest BCUT2D eigenvalue weighted by Gasteiger charge is 2.19. The minimum absolute atomic E-state index is 0.0847. The quantitative estimate of drug-likeness (QED) is 0.0261. The third kappa shape index (κ3) is 66.5. The number of rotatable bonds is 61. The van der Waals surface area contributed by atoms with E-state index < -0.39 is 6.10 Å². The van der Waals surface area contributed by atoms with E-state index in [1.54, 1.807) is 0 Å². The Morgan fingerprint density at radius 1 is 0.259 bits per heavy atom. The Hall–Kier alpha value is -4.19. The van der Waals surface area contributed by atoms with Crippen molar-refractivity contribution in [3.05, 3.63) is 122 Å². The van der Waals surface area contributed by atoms with Gasteiger partial charge in [0.2, 0.25) is 0 Å². The monoisotopic (exact) mass is 1120 g/mol. The molecule has 0 aromatic rings. The van der Waals surface area contributed by atoms with E-state index in [-0.39, 0.29) is 31.1 Å². The van der Waals surface area contributed by atoms with Crippen LogP contribution in [0.15, 0.2) is 122 Å². The van der Waals surface area contributed by atoms with Gasteiger partial charge in [-0.15, -0.1) is 0 Å². The van der Waals surface area contributed by atoms with Crippen LogP contribution in [-0.2, 0) is 28.6 Å². The molecular weight excluding hydrogens is 997 g/mol. The van der Waals surface area contributed by atoms with Crippen molar-refractivity contribution in [2.24, 2.45) is 0 Å². The molecule has 0 aromatic heterocycles. The maximum absolute atomic E-state index is 12.9. The summed E-state index contributed by atoms with van der Waals surface area (Å²) in [7, 11) is 0. The molecule has 0 spiro atoms. The molecular formula is C75H126O6. The van der Waals surface area contributed by atoms with Gasteiger partial charge in [0.05, 0.1) is 0 Å². The molecule has 0 aliphatic carbocycles. The Bertz CT molecular complexity index is 1670. The molecule has 0 N–H and O–H groups in total. The average Bonchev–Trinajstić information content (AvgIpc) is 3.47. The van der Waals surface area contributed by atoms with Crippen LogP contribution in [0.25, 0.3) is 0 Å². The lowest BCUT2D eigenvalue weighted by Gasteiger charge is -2.18. The molecule has 0 amide bonds. The molecule has 0 aliphatic heterocycles. The van der Waals surface area contributed by atoms with Crippen molar-refractivity contribution in [3.8, 4) is 0 Å². The van der Waals surface area contributed by atoms with E-state index in [2.05, 4.69) is 142 Å². The molecule has 1 unspecified atom stereocenters. The first-order valence-electron chi connectivity index (χ1n) is 34.0. The normalized spacial score (nSPS) is 12.9. The zero-order chi connectivity index (χ0) is 58.5. The molecule has 0 aliphatic rings. The molecule has 0 saturated heterocycles. The van der Waals surface area contributed by atoms with E-state index >= 15 is 0 Å². The smallest absolute Gasteiger partial charge is 0.306 e. The highest BCUT2D eigenvalue weighted by molar-refractivity contribution is 5.71. The second-order valence-corrected chi connectivity index (χ2v) is 22.4. The Morgan fingerprint density at radius 3 is 0.765 bits per heavy atom. The van der Waals surface area contributed by atoms with Crippen LogP contribution in [0.5, 0.6) is 0 Å². The maximum Gasteiger partial charge on any atom is 0.306 e. The predicted molar refractivity (Wildman–Crippen MR) is 353 cm³/mol. The fraction of sp³-hybridized carbons (Fsp3) is 0.693. The first kappa shape index (κ1) is 76.8. The van der Waals surface area contributed by atoms with Gasteiger partial charge in [-0.3, -0.25) is 14.4 Å². The van der Waals surface area contributed by atoms with Crippen molar-refractivity contribution in [3.63, 3.8) is 0 Å². The van der Waals surface area contributed by atoms with Crippen LogP contribution in [0.3, 0.4) is 0 Å². The summed E-state index contributed by atoms with van der Waals surface area (Å²) in [4.78, 5) is 38.3. The highest BCUT2D eigenvalue weighted by Crippen LogP contribution is 2.16. The van der Waals surface area contributed by atoms with Gasteiger partial charge >= 0.3 is 17.9 Å². The summed E-state index contributed by atoms with van der Waals surface area (Å²) < 4.78 is 16.9. The summed E-state index contributed by atoms with van der Waals surface area (Å²) >= 11 is 0. The standard InChI is InChI=1S/C75H126O6/c1-4-7-10-13-16-19-22-25-28-30-31-32-33-34-35-36-37-38-39-40-41-42-43-44-45-46-48-50-53-56-59-62-65-68-74(77)80-71-72(70-79-73(76)67-64-61-58-55-52-49-27-24-21-18-15-12-9-6-3)81-75(78)69-66-63-60-57-54-51-47-29-26-23-20-17-14-11-8-5-2/h7,10,16,19-20,23,25,28-29,31-32,34-35,37-38,40-41,43-44,47,72H,4-6,8-9,11-15,17-18,21-22,24,26-27,30,33,36,39,42,45-46,48-71H2,1-3H3/b10-7-,19-16-,23-20-,28-25-,32-31-,35-34-,38-37-,41-40-,44-43-,47-29-. The fourth-order valence-electron chi connectivity index (χ4n) is 9.37. The van der Waals surface area contributed by atoms with Crippen molar-refractivity contribution < 1.29 is 28.6 Å². The van der Waals surface area contributed by atoms with Crippen LogP contribution >= 0.6 is 0 Å². The van der Waals surface area contributed by atoms with Gasteiger partial charge in [0.1, 0.15) is 13.2 Å². The van der Waals surface area contributed by atoms with Crippen LogP contribution in [0.2, 0.25) is 0 Å². The van der Waals surface area contributed by atoms with E-state index in [9.17, 15) is 14.4 Å². The lowest BCUT2D eigenvalue weighted by atomic mass is 10.0. The van der Waals surface area contributed by atoms with Crippen LogP contribution in [0, 0.1) is 0 Å². The molecule has 81 heavy (non-hydrogen) atoms. The van der Waals surface area contributed by atoms with Crippen LogP contribution in [0.4, 0.5) is 0 Å². The van der Waals surface area contributed by atoms with Crippen LogP contribution < -0.4 is 0 Å². The molecule has 0 radical (unpaired) electrons. The van der Waals surface area contributed by atoms with E-state index in [1.165, 1.54) is 135 Å². The third-order valence-corrected chi connectivity index (χ3v) is 14.5. The first-order valence-corrected chi connectivity index (χ1v) is 34.0. The SMILES string of the molecule is CC/C=C\C/C=C\C/C=C\C/C=C\C/C=C\C/C=C\C/C=C\C/C=C\CCCCCCCCCCC(=O)OCC(COC(=O)CCCCCCCCCCCCCCCC)OC(=O)CCCCCCC/C=C\C/C=C\CCCCCC. The third-order valence-electron chi connectivity index (χ3n) is 14.5. The molecule has 0 saturated carbocycles. The van der Waals surface area contributed by atoms with Gasteiger partial charge in [-0.2, -0.15) is 0 Å². The van der Waals surface area contributed by atoms with Crippen molar-refractivity contribution in [1.82, 2.24) is 0 Å². The van der Waals surface area contributed by atoms with Crippen LogP contribution in [-0.4, -0.2) is 37.2 Å². The van der Waals surface area contributed by atoms with Crippen LogP contribution in [0.1, 0.15) is 316 Å². The number of hydrogen-bond donors (Lipinski definition) is 0. The molecule has 0 aromatic carbocycles. The Labute approximate surface area is 501 Å². The molecule has 1 atom stereocenters. The topological polar surface area (TPSA) is 78.9 Å². The summed E-state index contributed by atoms with van der Waals surface area (Å²) in [6, 6.07) is 0. The van der Waals surface area contributed by atoms with E-state index in [1.807, 2.05) is 0 Å². The molecule has 0 fully saturated rings. The number of esters is 3. The maximum atomic E-state index is 12.9. The van der Waals surface area contributed by atoms with E-state index in [0.29, 0.717) is 19.3 Å². The first-order chi connectivity index (χ1) is 40.0. The summed E-state index contributed by atoms with van der Waals surface area (Å²) in [5.74, 6) is -0.898. The molecule has 0 rings (SSSR count). The van der Waals surface area contributed by atoms with Gasteiger partial charge in [0, 0.05) is 19.3 Å². The summed E-state index contributed by atoms with van der Waals surface area (Å²) in [6.45, 7) is 6.51. The molecule has 6 nitrogen and oxygen atoms in total. The van der Waals surface area contributed by atoms with Gasteiger partial charge in [-0.25, -0.2) is 0 Å². The number of unbranched alkanes of at least 4 members (excludes halogenated alkanes) is 30. The van der Waals surface area contributed by atoms with Gasteiger partial charge in [0.15, 0.2) is 6.10 Å². The summed E-state index contributed by atoms with van der Waals surface area (Å²) in [6.07, 6.45) is 94.9. The molecule has 0 bridgehead atoms. The number of carbonyl (C=O) groups is 3. The van der Waals surface area contributed by atoms with E-state index in [4.69, 9.17) is 14.2 Å². The molecule has 6 heteroatoms. The molecule has 0 heterocycles. The second-order valence-electron chi connectivity index (χ2n) is 22.4. The van der Waals surface area contributed by atoms with E-state index in [0.717, 1.165) is 141 Å². The Balaban J connectivity index is 4.29. The zero-order valence-corrected chi connectivity index (χ0v) is 53.0. The van der Waals surface area contributed by atoms with Crippen molar-refractivity contribution in [1.29, 1.82) is 0 Å². The minimum Gasteiger partial charge on any atom is -0.462 e. The summed E-state index contributed by atoms with van der Waals surface area (Å²) in [5.41, 5.74) is 0. The Kier molecular flexibility index (Phi) is 64.8. The minimum atomic E-state index is -0.790. The second kappa shape index (κ2) is 68.3. The Morgan fingerprint density at radius 2 is 0.481 bits per heavy atom. The number of hydrogen-bond acceptors (Lipinski definition) is 6. The number of carbonyl (C=O) groups excluding carboxylic acids is 3. The van der Waals surface area contributed by atoms with Gasteiger partial charge in [0.25, 0.3) is 0 Å². The zero-order valence-electron chi connectivity index (χ0n) is 53.0. The highest BCUT2D eigenvalue weighted by atomic mass is 16.6. The van der Waals surface area contributed by atoms with Gasteiger partial charge in [-0.05, 0) is 116 Å². The number of allylic oxidation sites excluding steroid dienone is 20. The average molecular weight is 1120 g/mol. The summed E-state index contributed by atoms with van der Waals surface area (Å²) in [5, 5.41) is 0. The van der Waals surface area contributed by atoms with Crippen molar-refractivity contribution in [2.75, 3.05) is 13.2 Å². The lowest BCUT2D eigenvalue weighted by Crippen LogP contribution is -2.30. The lowest BCUT2D eigenvalue weighted by molar-refractivity contribution is -0.167. The van der Waals surface area contributed by atoms with Gasteiger partial charge < -0.3 is 14.2 Å². The van der Waals surface area contributed by atoms with Crippen molar-refractivity contribution in [2.45, 2.75) is 322 Å². The van der Waals surface area contributed by atoms with Gasteiger partial charge in [-0.1, -0.05) is 303 Å². The van der Waals surface area contributed by atoms with Crippen molar-refractivity contribution >= 4 is 17.9 Å². The number of ether oxygens (including phenoxy) is 3. The fourth-order valence-corrected chi connectivity index (χ4v) is 9.37. The predicted octanol–water partition coefficient (Wildman–Crippen LogP) is 23.6. The molecule has 462 valence electrons.